The molecule has 26 heavy (non-hydrogen) atoms. The van der Waals surface area contributed by atoms with Crippen LogP contribution in [0.5, 0.6) is 0 Å². The third kappa shape index (κ3) is 4.58. The van der Waals surface area contributed by atoms with Crippen molar-refractivity contribution in [3.8, 4) is 0 Å². The average molecular weight is 365 g/mol. The molecule has 0 spiro atoms. The number of ether oxygens (including phenoxy) is 1. The summed E-state index contributed by atoms with van der Waals surface area (Å²) >= 11 is 1.29. The molecule has 1 unspecified atom stereocenters. The van der Waals surface area contributed by atoms with Crippen molar-refractivity contribution >= 4 is 23.2 Å². The number of esters is 1. The van der Waals surface area contributed by atoms with Gasteiger partial charge in [0, 0.05) is 12.1 Å². The van der Waals surface area contributed by atoms with Gasteiger partial charge in [0.1, 0.15) is 4.88 Å². The molecule has 2 aromatic carbocycles. The second-order valence-corrected chi connectivity index (χ2v) is 6.82. The van der Waals surface area contributed by atoms with Crippen LogP contribution in [0.2, 0.25) is 0 Å². The van der Waals surface area contributed by atoms with Gasteiger partial charge in [-0.1, -0.05) is 66.2 Å². The Morgan fingerprint density at radius 2 is 1.73 bits per heavy atom. The molecule has 0 aliphatic carbocycles. The van der Waals surface area contributed by atoms with Gasteiger partial charge in [-0.2, -0.15) is 0 Å². The third-order valence-corrected chi connectivity index (χ3v) is 4.72. The molecule has 0 aliphatic heterocycles. The molecule has 3 rings (SSSR count). The molecule has 1 atom stereocenters. The van der Waals surface area contributed by atoms with Gasteiger partial charge in [-0.15, -0.1) is 11.3 Å². The fourth-order valence-electron chi connectivity index (χ4n) is 2.45. The maximum Gasteiger partial charge on any atom is 0.349 e. The van der Waals surface area contributed by atoms with Gasteiger partial charge in [-0.05, 0) is 23.9 Å². The largest absolute Gasteiger partial charge is 0.443 e. The molecular weight excluding hydrogens is 346 g/mol. The molecule has 1 N–H and O–H groups in total. The number of nitrogens with one attached hydrogen (secondary N) is 1. The Hall–Kier alpha value is -2.92. The van der Waals surface area contributed by atoms with Crippen LogP contribution in [0, 0.1) is 6.92 Å². The molecule has 1 amide bonds. The maximum atomic E-state index is 12.7. The summed E-state index contributed by atoms with van der Waals surface area (Å²) in [6, 6.07) is 20.4. The first-order valence-electron chi connectivity index (χ1n) is 8.26. The summed E-state index contributed by atoms with van der Waals surface area (Å²) in [5.41, 5.74) is 2.78. The van der Waals surface area contributed by atoms with E-state index in [2.05, 4.69) is 5.32 Å². The zero-order valence-electron chi connectivity index (χ0n) is 14.3. The Kier molecular flexibility index (Phi) is 5.81. The first kappa shape index (κ1) is 17.9. The summed E-state index contributed by atoms with van der Waals surface area (Å²) in [4.78, 5) is 25.5. The third-order valence-electron chi connectivity index (χ3n) is 3.88. The average Bonchev–Trinajstić information content (AvgIpc) is 3.21. The van der Waals surface area contributed by atoms with E-state index in [0.717, 1.165) is 11.1 Å². The van der Waals surface area contributed by atoms with E-state index in [1.807, 2.05) is 49.4 Å². The predicted octanol–water partition coefficient (Wildman–Crippen LogP) is 4.27. The van der Waals surface area contributed by atoms with Crippen LogP contribution in [0.4, 0.5) is 0 Å². The first-order chi connectivity index (χ1) is 12.6. The standard InChI is InChI=1S/C21H19NO3S/c1-15-9-11-16(12-10-15)14-22-20(23)19(17-6-3-2-4-7-17)25-21(24)18-8-5-13-26-18/h2-13,19H,14H2,1H3,(H,22,23). The molecule has 0 radical (unpaired) electrons. The van der Waals surface area contributed by atoms with Gasteiger partial charge < -0.3 is 10.1 Å². The lowest BCUT2D eigenvalue weighted by Crippen LogP contribution is -2.31. The van der Waals surface area contributed by atoms with Crippen molar-refractivity contribution in [3.05, 3.63) is 93.7 Å². The second kappa shape index (κ2) is 8.45. The van der Waals surface area contributed by atoms with E-state index in [9.17, 15) is 9.59 Å². The highest BCUT2D eigenvalue weighted by molar-refractivity contribution is 7.11. The van der Waals surface area contributed by atoms with Crippen LogP contribution < -0.4 is 5.32 Å². The van der Waals surface area contributed by atoms with Gasteiger partial charge in [0.25, 0.3) is 5.91 Å². The topological polar surface area (TPSA) is 55.4 Å². The van der Waals surface area contributed by atoms with Crippen molar-refractivity contribution in [1.82, 2.24) is 5.32 Å². The maximum absolute atomic E-state index is 12.7. The summed E-state index contributed by atoms with van der Waals surface area (Å²) in [6.45, 7) is 2.39. The number of carbonyl (C=O) groups is 2. The Balaban J connectivity index is 1.73. The molecule has 5 heteroatoms. The molecule has 0 aliphatic rings. The molecule has 0 saturated carbocycles. The predicted molar refractivity (Wildman–Crippen MR) is 102 cm³/mol. The molecule has 132 valence electrons. The lowest BCUT2D eigenvalue weighted by molar-refractivity contribution is -0.130. The number of aryl methyl sites for hydroxylation is 1. The van der Waals surface area contributed by atoms with Crippen LogP contribution in [-0.4, -0.2) is 11.9 Å². The van der Waals surface area contributed by atoms with Gasteiger partial charge in [-0.3, -0.25) is 4.79 Å². The number of carbonyl (C=O) groups excluding carboxylic acids is 2. The van der Waals surface area contributed by atoms with Crippen LogP contribution in [0.15, 0.2) is 72.1 Å². The minimum atomic E-state index is -0.990. The van der Waals surface area contributed by atoms with Gasteiger partial charge >= 0.3 is 5.97 Å². The summed E-state index contributed by atoms with van der Waals surface area (Å²) < 4.78 is 5.51. The minimum absolute atomic E-state index is 0.346. The lowest BCUT2D eigenvalue weighted by atomic mass is 10.1. The number of thiophene rings is 1. The molecular formula is C21H19NO3S. The number of benzene rings is 2. The SMILES string of the molecule is Cc1ccc(CNC(=O)C(OC(=O)c2cccs2)c2ccccc2)cc1. The van der Waals surface area contributed by atoms with Crippen molar-refractivity contribution in [3.63, 3.8) is 0 Å². The van der Waals surface area contributed by atoms with E-state index in [0.29, 0.717) is 17.0 Å². The van der Waals surface area contributed by atoms with Crippen LogP contribution in [0.25, 0.3) is 0 Å². The molecule has 1 heterocycles. The van der Waals surface area contributed by atoms with Gasteiger partial charge in [0.2, 0.25) is 6.10 Å². The molecule has 0 fully saturated rings. The molecule has 0 saturated heterocycles. The number of hydrogen-bond donors (Lipinski definition) is 1. The van der Waals surface area contributed by atoms with E-state index in [4.69, 9.17) is 4.74 Å². The summed E-state index contributed by atoms with van der Waals surface area (Å²) in [5.74, 6) is -0.846. The quantitative estimate of drug-likeness (QED) is 0.664. The van der Waals surface area contributed by atoms with Crippen LogP contribution in [0.1, 0.15) is 32.5 Å². The highest BCUT2D eigenvalue weighted by atomic mass is 32.1. The van der Waals surface area contributed by atoms with E-state index in [1.54, 1.807) is 29.6 Å². The van der Waals surface area contributed by atoms with Gasteiger partial charge in [0.15, 0.2) is 0 Å². The van der Waals surface area contributed by atoms with E-state index < -0.39 is 12.1 Å². The Morgan fingerprint density at radius 1 is 1.00 bits per heavy atom. The summed E-state index contributed by atoms with van der Waals surface area (Å²) in [5, 5.41) is 4.65. The van der Waals surface area contributed by atoms with E-state index in [-0.39, 0.29) is 5.91 Å². The molecule has 0 bridgehead atoms. The van der Waals surface area contributed by atoms with Crippen LogP contribution in [0.3, 0.4) is 0 Å². The number of hydrogen-bond acceptors (Lipinski definition) is 4. The second-order valence-electron chi connectivity index (χ2n) is 5.88. The minimum Gasteiger partial charge on any atom is -0.443 e. The van der Waals surface area contributed by atoms with Crippen molar-refractivity contribution < 1.29 is 14.3 Å². The molecule has 1 aromatic heterocycles. The number of amides is 1. The normalized spacial score (nSPS) is 11.6. The van der Waals surface area contributed by atoms with Crippen molar-refractivity contribution in [2.24, 2.45) is 0 Å². The zero-order chi connectivity index (χ0) is 18.4. The lowest BCUT2D eigenvalue weighted by Gasteiger charge is -2.18. The highest BCUT2D eigenvalue weighted by Gasteiger charge is 2.25. The smallest absolute Gasteiger partial charge is 0.349 e. The fraction of sp³-hybridized carbons (Fsp3) is 0.143. The first-order valence-corrected chi connectivity index (χ1v) is 9.14. The van der Waals surface area contributed by atoms with Crippen LogP contribution in [-0.2, 0) is 16.1 Å². The van der Waals surface area contributed by atoms with Crippen LogP contribution >= 0.6 is 11.3 Å². The van der Waals surface area contributed by atoms with Gasteiger partial charge in [0.05, 0.1) is 0 Å². The van der Waals surface area contributed by atoms with Crippen molar-refractivity contribution in [2.45, 2.75) is 19.6 Å². The Labute approximate surface area is 156 Å². The Bertz CT molecular complexity index is 858. The van der Waals surface area contributed by atoms with Crippen molar-refractivity contribution in [1.29, 1.82) is 0 Å². The monoisotopic (exact) mass is 365 g/mol. The van der Waals surface area contributed by atoms with E-state index >= 15 is 0 Å². The Morgan fingerprint density at radius 3 is 2.38 bits per heavy atom. The van der Waals surface area contributed by atoms with Crippen molar-refractivity contribution in [2.75, 3.05) is 0 Å². The zero-order valence-corrected chi connectivity index (χ0v) is 15.2. The molecule has 3 aromatic rings. The van der Waals surface area contributed by atoms with Gasteiger partial charge in [-0.25, -0.2) is 4.79 Å². The fourth-order valence-corrected chi connectivity index (χ4v) is 3.05. The number of rotatable bonds is 6. The highest BCUT2D eigenvalue weighted by Crippen LogP contribution is 2.21. The van der Waals surface area contributed by atoms with E-state index in [1.165, 1.54) is 11.3 Å². The summed E-state index contributed by atoms with van der Waals surface area (Å²) in [6.07, 6.45) is -0.990. The molecule has 4 nitrogen and oxygen atoms in total. The summed E-state index contributed by atoms with van der Waals surface area (Å²) in [7, 11) is 0.